The van der Waals surface area contributed by atoms with Crippen molar-refractivity contribution in [1.29, 1.82) is 0 Å². The Hall–Kier alpha value is -2.90. The first kappa shape index (κ1) is 13.5. The van der Waals surface area contributed by atoms with Gasteiger partial charge in [0.1, 0.15) is 5.75 Å². The first-order chi connectivity index (χ1) is 9.69. The van der Waals surface area contributed by atoms with Gasteiger partial charge in [-0.05, 0) is 24.3 Å². The van der Waals surface area contributed by atoms with Crippen molar-refractivity contribution in [2.75, 3.05) is 19.0 Å². The second-order valence-electron chi connectivity index (χ2n) is 3.70. The SMILES string of the molecule is COC(=O)COc1ccc(NC(=O)c2cn[nH]n2)cc1. The Labute approximate surface area is 114 Å². The fourth-order valence-corrected chi connectivity index (χ4v) is 1.34. The van der Waals surface area contributed by atoms with Crippen LogP contribution in [0.25, 0.3) is 0 Å². The first-order valence-electron chi connectivity index (χ1n) is 5.66. The highest BCUT2D eigenvalue weighted by atomic mass is 16.6. The molecule has 0 aliphatic heterocycles. The van der Waals surface area contributed by atoms with Gasteiger partial charge in [-0.25, -0.2) is 4.79 Å². The van der Waals surface area contributed by atoms with Gasteiger partial charge >= 0.3 is 5.97 Å². The molecule has 0 fully saturated rings. The van der Waals surface area contributed by atoms with Crippen LogP contribution >= 0.6 is 0 Å². The Bertz CT molecular complexity index is 580. The van der Waals surface area contributed by atoms with Gasteiger partial charge in [-0.2, -0.15) is 15.4 Å². The van der Waals surface area contributed by atoms with Gasteiger partial charge in [-0.15, -0.1) is 0 Å². The zero-order chi connectivity index (χ0) is 14.4. The van der Waals surface area contributed by atoms with E-state index in [1.165, 1.54) is 13.3 Å². The molecule has 1 aromatic heterocycles. The Morgan fingerprint density at radius 1 is 1.30 bits per heavy atom. The number of rotatable bonds is 5. The number of aromatic nitrogens is 3. The Balaban J connectivity index is 1.91. The van der Waals surface area contributed by atoms with Gasteiger partial charge in [-0.1, -0.05) is 0 Å². The lowest BCUT2D eigenvalue weighted by Gasteiger charge is -2.06. The van der Waals surface area contributed by atoms with Crippen molar-refractivity contribution >= 4 is 17.6 Å². The summed E-state index contributed by atoms with van der Waals surface area (Å²) < 4.78 is 9.63. The molecule has 104 valence electrons. The number of aromatic amines is 1. The third-order valence-corrected chi connectivity index (χ3v) is 2.34. The highest BCUT2D eigenvalue weighted by Crippen LogP contribution is 2.16. The molecule has 20 heavy (non-hydrogen) atoms. The third-order valence-electron chi connectivity index (χ3n) is 2.34. The summed E-state index contributed by atoms with van der Waals surface area (Å²) in [5.41, 5.74) is 0.763. The van der Waals surface area contributed by atoms with Gasteiger partial charge in [0.2, 0.25) is 0 Å². The molecule has 0 aliphatic rings. The summed E-state index contributed by atoms with van der Waals surface area (Å²) in [7, 11) is 1.29. The lowest BCUT2D eigenvalue weighted by molar-refractivity contribution is -0.142. The maximum Gasteiger partial charge on any atom is 0.343 e. The first-order valence-corrected chi connectivity index (χ1v) is 5.66. The molecular formula is C12H12N4O4. The van der Waals surface area contributed by atoms with Crippen LogP contribution in [-0.2, 0) is 9.53 Å². The second kappa shape index (κ2) is 6.32. The van der Waals surface area contributed by atoms with Gasteiger partial charge in [0, 0.05) is 5.69 Å². The number of methoxy groups -OCH3 is 1. The van der Waals surface area contributed by atoms with E-state index in [-0.39, 0.29) is 18.2 Å². The van der Waals surface area contributed by atoms with Crippen molar-refractivity contribution < 1.29 is 19.1 Å². The molecule has 0 spiro atoms. The highest BCUT2D eigenvalue weighted by molar-refractivity contribution is 6.02. The number of amides is 1. The number of carbonyl (C=O) groups excluding carboxylic acids is 2. The number of esters is 1. The zero-order valence-electron chi connectivity index (χ0n) is 10.6. The van der Waals surface area contributed by atoms with E-state index in [1.54, 1.807) is 24.3 Å². The number of anilines is 1. The summed E-state index contributed by atoms with van der Waals surface area (Å²) in [5.74, 6) is -0.342. The quantitative estimate of drug-likeness (QED) is 0.775. The molecule has 2 rings (SSSR count). The number of benzene rings is 1. The van der Waals surface area contributed by atoms with Crippen LogP contribution in [0.2, 0.25) is 0 Å². The zero-order valence-corrected chi connectivity index (χ0v) is 10.6. The van der Waals surface area contributed by atoms with Gasteiger partial charge < -0.3 is 14.8 Å². The third kappa shape index (κ3) is 3.55. The number of H-pyrrole nitrogens is 1. The van der Waals surface area contributed by atoms with E-state index in [0.29, 0.717) is 11.4 Å². The molecule has 0 aliphatic carbocycles. The standard InChI is InChI=1S/C12H12N4O4/c1-19-11(17)7-20-9-4-2-8(3-5-9)14-12(18)10-6-13-16-15-10/h2-6H,7H2,1H3,(H,14,18)(H,13,15,16). The Morgan fingerprint density at radius 2 is 2.05 bits per heavy atom. The molecule has 2 aromatic rings. The number of hydrogen-bond donors (Lipinski definition) is 2. The predicted molar refractivity (Wildman–Crippen MR) is 68.3 cm³/mol. The molecule has 2 N–H and O–H groups in total. The van der Waals surface area contributed by atoms with Crippen LogP contribution in [0, 0.1) is 0 Å². The van der Waals surface area contributed by atoms with E-state index < -0.39 is 5.97 Å². The van der Waals surface area contributed by atoms with Crippen molar-refractivity contribution in [3.63, 3.8) is 0 Å². The maximum atomic E-state index is 11.7. The van der Waals surface area contributed by atoms with Crippen LogP contribution < -0.4 is 10.1 Å². The van der Waals surface area contributed by atoms with Crippen molar-refractivity contribution in [1.82, 2.24) is 15.4 Å². The lowest BCUT2D eigenvalue weighted by atomic mass is 10.3. The Morgan fingerprint density at radius 3 is 2.65 bits per heavy atom. The number of carbonyl (C=O) groups is 2. The van der Waals surface area contributed by atoms with Crippen LogP contribution in [0.15, 0.2) is 30.5 Å². The van der Waals surface area contributed by atoms with Crippen LogP contribution in [0.4, 0.5) is 5.69 Å². The van der Waals surface area contributed by atoms with Crippen LogP contribution in [0.3, 0.4) is 0 Å². The van der Waals surface area contributed by atoms with Crippen LogP contribution in [0.1, 0.15) is 10.5 Å². The summed E-state index contributed by atoms with van der Waals surface area (Å²) in [4.78, 5) is 22.6. The molecule has 1 amide bonds. The number of nitrogens with zero attached hydrogens (tertiary/aromatic N) is 2. The van der Waals surface area contributed by atoms with Crippen LogP contribution in [-0.4, -0.2) is 41.0 Å². The molecule has 0 radical (unpaired) electrons. The monoisotopic (exact) mass is 276 g/mol. The van der Waals surface area contributed by atoms with Crippen molar-refractivity contribution in [2.24, 2.45) is 0 Å². The normalized spacial score (nSPS) is 9.85. The predicted octanol–water partition coefficient (Wildman–Crippen LogP) is 0.609. The molecule has 0 bridgehead atoms. The molecular weight excluding hydrogens is 264 g/mol. The average Bonchev–Trinajstić information content (AvgIpc) is 3.00. The minimum Gasteiger partial charge on any atom is -0.482 e. The molecule has 8 heteroatoms. The highest BCUT2D eigenvalue weighted by Gasteiger charge is 2.08. The minimum atomic E-state index is -0.464. The largest absolute Gasteiger partial charge is 0.482 e. The fraction of sp³-hybridized carbons (Fsp3) is 0.167. The molecule has 0 saturated carbocycles. The Kier molecular flexibility index (Phi) is 4.28. The van der Waals surface area contributed by atoms with Crippen molar-refractivity contribution in [2.45, 2.75) is 0 Å². The van der Waals surface area contributed by atoms with E-state index in [4.69, 9.17) is 4.74 Å². The smallest absolute Gasteiger partial charge is 0.343 e. The molecule has 1 aromatic carbocycles. The fourth-order valence-electron chi connectivity index (χ4n) is 1.34. The van der Waals surface area contributed by atoms with Gasteiger partial charge in [0.15, 0.2) is 12.3 Å². The maximum absolute atomic E-state index is 11.7. The summed E-state index contributed by atoms with van der Waals surface area (Å²) >= 11 is 0. The second-order valence-corrected chi connectivity index (χ2v) is 3.70. The summed E-state index contributed by atoms with van der Waals surface area (Å²) in [6, 6.07) is 6.54. The van der Waals surface area contributed by atoms with Gasteiger partial charge in [-0.3, -0.25) is 4.79 Å². The number of hydrogen-bond acceptors (Lipinski definition) is 6. The number of nitrogens with one attached hydrogen (secondary N) is 2. The average molecular weight is 276 g/mol. The summed E-state index contributed by atoms with van der Waals surface area (Å²) in [6.45, 7) is -0.166. The number of ether oxygens (including phenoxy) is 2. The van der Waals surface area contributed by atoms with E-state index in [0.717, 1.165) is 0 Å². The van der Waals surface area contributed by atoms with Gasteiger partial charge in [0.25, 0.3) is 5.91 Å². The summed E-state index contributed by atoms with van der Waals surface area (Å²) in [5, 5.41) is 12.2. The molecule has 1 heterocycles. The molecule has 0 unspecified atom stereocenters. The van der Waals surface area contributed by atoms with Gasteiger partial charge in [0.05, 0.1) is 13.3 Å². The van der Waals surface area contributed by atoms with E-state index in [2.05, 4.69) is 25.5 Å². The molecule has 8 nitrogen and oxygen atoms in total. The topological polar surface area (TPSA) is 106 Å². The van der Waals surface area contributed by atoms with E-state index >= 15 is 0 Å². The molecule has 0 saturated heterocycles. The molecule has 0 atom stereocenters. The van der Waals surface area contributed by atoms with Crippen molar-refractivity contribution in [3.8, 4) is 5.75 Å². The lowest BCUT2D eigenvalue weighted by Crippen LogP contribution is -2.13. The minimum absolute atomic E-state index is 0.166. The van der Waals surface area contributed by atoms with E-state index in [1.807, 2.05) is 0 Å². The van der Waals surface area contributed by atoms with E-state index in [9.17, 15) is 9.59 Å². The van der Waals surface area contributed by atoms with Crippen LogP contribution in [0.5, 0.6) is 5.75 Å². The summed E-state index contributed by atoms with van der Waals surface area (Å²) in [6.07, 6.45) is 1.32. The van der Waals surface area contributed by atoms with Crippen molar-refractivity contribution in [3.05, 3.63) is 36.2 Å².